The molecular formula is C19H18N4O2S. The molecule has 0 unspecified atom stereocenters. The Morgan fingerprint density at radius 2 is 1.65 bits per heavy atom. The molecule has 0 aliphatic heterocycles. The Labute approximate surface area is 155 Å². The van der Waals surface area contributed by atoms with E-state index in [-0.39, 0.29) is 0 Å². The molecule has 0 aliphatic rings. The Bertz CT molecular complexity index is 1000. The van der Waals surface area contributed by atoms with Crippen LogP contribution in [0, 0.1) is 0 Å². The van der Waals surface area contributed by atoms with E-state index in [4.69, 9.17) is 14.6 Å². The van der Waals surface area contributed by atoms with Gasteiger partial charge < -0.3 is 9.47 Å². The van der Waals surface area contributed by atoms with Crippen LogP contribution in [0.15, 0.2) is 48.5 Å². The minimum atomic E-state index is 0.731. The summed E-state index contributed by atoms with van der Waals surface area (Å²) in [5.74, 6) is 2.32. The van der Waals surface area contributed by atoms with Crippen molar-refractivity contribution in [3.63, 3.8) is 0 Å². The van der Waals surface area contributed by atoms with Crippen LogP contribution in [0.25, 0.3) is 15.5 Å². The molecule has 0 aliphatic carbocycles. The van der Waals surface area contributed by atoms with E-state index in [0.29, 0.717) is 0 Å². The highest BCUT2D eigenvalue weighted by molar-refractivity contribution is 7.19. The van der Waals surface area contributed by atoms with Crippen molar-refractivity contribution in [3.8, 4) is 22.1 Å². The van der Waals surface area contributed by atoms with E-state index in [2.05, 4.69) is 22.3 Å². The quantitative estimate of drug-likeness (QED) is 0.521. The zero-order chi connectivity index (χ0) is 17.9. The van der Waals surface area contributed by atoms with Crippen LogP contribution in [0.1, 0.15) is 11.4 Å². The van der Waals surface area contributed by atoms with Gasteiger partial charge in [-0.05, 0) is 24.1 Å². The molecule has 0 N–H and O–H groups in total. The lowest BCUT2D eigenvalue weighted by Crippen LogP contribution is -1.99. The third-order valence-electron chi connectivity index (χ3n) is 4.13. The predicted octanol–water partition coefficient (Wildman–Crippen LogP) is 3.66. The molecule has 0 fully saturated rings. The number of methoxy groups -OCH3 is 2. The van der Waals surface area contributed by atoms with Crippen molar-refractivity contribution in [1.82, 2.24) is 19.8 Å². The Balaban J connectivity index is 1.63. The highest BCUT2D eigenvalue weighted by Crippen LogP contribution is 2.32. The number of nitrogens with zero attached hydrogens (tertiary/aromatic N) is 4. The van der Waals surface area contributed by atoms with Gasteiger partial charge in [-0.15, -0.1) is 10.2 Å². The molecule has 2 aromatic carbocycles. The van der Waals surface area contributed by atoms with E-state index < -0.39 is 0 Å². The number of aromatic nitrogens is 4. The SMILES string of the molecule is COc1cc(OC)cc(-c2nn3c(CCc4ccccc4)nnc3s2)c1. The first kappa shape index (κ1) is 16.5. The smallest absolute Gasteiger partial charge is 0.234 e. The summed E-state index contributed by atoms with van der Waals surface area (Å²) >= 11 is 1.50. The predicted molar refractivity (Wildman–Crippen MR) is 101 cm³/mol. The summed E-state index contributed by atoms with van der Waals surface area (Å²) in [5.41, 5.74) is 2.21. The second kappa shape index (κ2) is 7.13. The van der Waals surface area contributed by atoms with Crippen molar-refractivity contribution in [2.75, 3.05) is 14.2 Å². The summed E-state index contributed by atoms with van der Waals surface area (Å²) in [6, 6.07) is 16.1. The summed E-state index contributed by atoms with van der Waals surface area (Å²) < 4.78 is 12.5. The van der Waals surface area contributed by atoms with Gasteiger partial charge in [0.2, 0.25) is 4.96 Å². The lowest BCUT2D eigenvalue weighted by molar-refractivity contribution is 0.394. The zero-order valence-electron chi connectivity index (χ0n) is 14.5. The van der Waals surface area contributed by atoms with Crippen molar-refractivity contribution < 1.29 is 9.47 Å². The zero-order valence-corrected chi connectivity index (χ0v) is 15.4. The van der Waals surface area contributed by atoms with Crippen LogP contribution in [0.4, 0.5) is 0 Å². The van der Waals surface area contributed by atoms with Crippen LogP contribution in [0.3, 0.4) is 0 Å². The standard InChI is InChI=1S/C19H18N4O2S/c1-24-15-10-14(11-16(12-15)25-2)18-22-23-17(20-21-19(23)26-18)9-8-13-6-4-3-5-7-13/h3-7,10-12H,8-9H2,1-2H3. The number of aryl methyl sites for hydroxylation is 2. The molecule has 0 saturated heterocycles. The van der Waals surface area contributed by atoms with Crippen LogP contribution >= 0.6 is 11.3 Å². The molecule has 7 heteroatoms. The minimum absolute atomic E-state index is 0.731. The number of rotatable bonds is 6. The molecule has 132 valence electrons. The van der Waals surface area contributed by atoms with Gasteiger partial charge in [0.1, 0.15) is 16.5 Å². The van der Waals surface area contributed by atoms with Crippen molar-refractivity contribution in [2.24, 2.45) is 0 Å². The Kier molecular flexibility index (Phi) is 4.53. The van der Waals surface area contributed by atoms with Gasteiger partial charge in [0.05, 0.1) is 14.2 Å². The molecule has 2 heterocycles. The van der Waals surface area contributed by atoms with E-state index in [0.717, 1.165) is 45.7 Å². The number of fused-ring (bicyclic) bond motifs is 1. The van der Waals surface area contributed by atoms with E-state index in [1.165, 1.54) is 16.9 Å². The van der Waals surface area contributed by atoms with Gasteiger partial charge in [-0.3, -0.25) is 0 Å². The number of hydrogen-bond donors (Lipinski definition) is 0. The molecule has 4 aromatic rings. The third-order valence-corrected chi connectivity index (χ3v) is 5.08. The Hall–Kier alpha value is -2.93. The lowest BCUT2D eigenvalue weighted by Gasteiger charge is -2.06. The first-order valence-electron chi connectivity index (χ1n) is 8.25. The van der Waals surface area contributed by atoms with Crippen molar-refractivity contribution in [2.45, 2.75) is 12.8 Å². The van der Waals surface area contributed by atoms with E-state index in [9.17, 15) is 0 Å². The van der Waals surface area contributed by atoms with Crippen molar-refractivity contribution >= 4 is 16.3 Å². The Morgan fingerprint density at radius 3 is 2.35 bits per heavy atom. The maximum absolute atomic E-state index is 5.35. The maximum atomic E-state index is 5.35. The summed E-state index contributed by atoms with van der Waals surface area (Å²) in [4.78, 5) is 0.782. The highest BCUT2D eigenvalue weighted by Gasteiger charge is 2.14. The van der Waals surface area contributed by atoms with Gasteiger partial charge in [-0.2, -0.15) is 9.61 Å². The molecule has 0 amide bonds. The van der Waals surface area contributed by atoms with Crippen LogP contribution in [-0.2, 0) is 12.8 Å². The normalized spacial score (nSPS) is 11.0. The van der Waals surface area contributed by atoms with Crippen molar-refractivity contribution in [3.05, 3.63) is 59.9 Å². The van der Waals surface area contributed by atoms with E-state index >= 15 is 0 Å². The first-order chi connectivity index (χ1) is 12.8. The molecule has 0 atom stereocenters. The molecule has 2 aromatic heterocycles. The highest BCUT2D eigenvalue weighted by atomic mass is 32.1. The molecule has 0 radical (unpaired) electrons. The number of ether oxygens (including phenoxy) is 2. The van der Waals surface area contributed by atoms with E-state index in [1.54, 1.807) is 14.2 Å². The summed E-state index contributed by atoms with van der Waals surface area (Å²) in [6.07, 6.45) is 1.69. The van der Waals surface area contributed by atoms with Gasteiger partial charge >= 0.3 is 0 Å². The second-order valence-corrected chi connectivity index (χ2v) is 6.76. The van der Waals surface area contributed by atoms with Crippen LogP contribution in [0.5, 0.6) is 11.5 Å². The van der Waals surface area contributed by atoms with Crippen LogP contribution < -0.4 is 9.47 Å². The molecule has 0 bridgehead atoms. The molecule has 4 rings (SSSR count). The average Bonchev–Trinajstić information content (AvgIpc) is 3.28. The third kappa shape index (κ3) is 3.25. The molecule has 26 heavy (non-hydrogen) atoms. The van der Waals surface area contributed by atoms with Gasteiger partial charge in [0.25, 0.3) is 0 Å². The summed E-state index contributed by atoms with van der Waals surface area (Å²) in [5, 5.41) is 14.1. The van der Waals surface area contributed by atoms with Crippen molar-refractivity contribution in [1.29, 1.82) is 0 Å². The summed E-state index contributed by atoms with van der Waals surface area (Å²) in [6.45, 7) is 0. The average molecular weight is 366 g/mol. The topological polar surface area (TPSA) is 61.5 Å². The fraction of sp³-hybridized carbons (Fsp3) is 0.211. The summed E-state index contributed by atoms with van der Waals surface area (Å²) in [7, 11) is 3.28. The number of benzene rings is 2. The van der Waals surface area contributed by atoms with Gasteiger partial charge in [-0.1, -0.05) is 41.7 Å². The van der Waals surface area contributed by atoms with Crippen LogP contribution in [-0.4, -0.2) is 34.0 Å². The molecule has 0 saturated carbocycles. The van der Waals surface area contributed by atoms with E-state index in [1.807, 2.05) is 40.9 Å². The van der Waals surface area contributed by atoms with Gasteiger partial charge in [0, 0.05) is 18.1 Å². The fourth-order valence-corrected chi connectivity index (χ4v) is 3.61. The molecule has 0 spiro atoms. The van der Waals surface area contributed by atoms with Gasteiger partial charge in [-0.25, -0.2) is 0 Å². The first-order valence-corrected chi connectivity index (χ1v) is 9.07. The monoisotopic (exact) mass is 366 g/mol. The maximum Gasteiger partial charge on any atom is 0.234 e. The molecule has 6 nitrogen and oxygen atoms in total. The second-order valence-electron chi connectivity index (χ2n) is 5.80. The van der Waals surface area contributed by atoms with Crippen LogP contribution in [0.2, 0.25) is 0 Å². The lowest BCUT2D eigenvalue weighted by atomic mass is 10.1. The minimum Gasteiger partial charge on any atom is -0.497 e. The largest absolute Gasteiger partial charge is 0.497 e. The number of hydrogen-bond acceptors (Lipinski definition) is 6. The molecular weight excluding hydrogens is 348 g/mol. The Morgan fingerprint density at radius 1 is 0.923 bits per heavy atom. The fourth-order valence-electron chi connectivity index (χ4n) is 2.76. The van der Waals surface area contributed by atoms with Gasteiger partial charge in [0.15, 0.2) is 5.82 Å².